The third-order valence-corrected chi connectivity index (χ3v) is 5.98. The van der Waals surface area contributed by atoms with E-state index >= 15 is 0 Å². The van der Waals surface area contributed by atoms with E-state index in [1.807, 2.05) is 22.9 Å². The summed E-state index contributed by atoms with van der Waals surface area (Å²) in [5.41, 5.74) is 0.862. The highest BCUT2D eigenvalue weighted by Gasteiger charge is 2.18. The monoisotopic (exact) mass is 364 g/mol. The number of halogens is 1. The third-order valence-electron chi connectivity index (χ3n) is 3.07. The van der Waals surface area contributed by atoms with E-state index in [2.05, 4.69) is 10.3 Å². The van der Waals surface area contributed by atoms with Crippen molar-refractivity contribution in [2.75, 3.05) is 5.75 Å². The van der Waals surface area contributed by atoms with Crippen LogP contribution in [0.25, 0.3) is 0 Å². The lowest BCUT2D eigenvalue weighted by Crippen LogP contribution is -2.30. The van der Waals surface area contributed by atoms with Gasteiger partial charge in [0.05, 0.1) is 11.8 Å². The van der Waals surface area contributed by atoms with E-state index in [1.54, 1.807) is 29.7 Å². The first kappa shape index (κ1) is 16.2. The van der Waals surface area contributed by atoms with Gasteiger partial charge < -0.3 is 5.32 Å². The van der Waals surface area contributed by atoms with Crippen LogP contribution in [0.3, 0.4) is 0 Å². The van der Waals surface area contributed by atoms with Crippen LogP contribution in [0.2, 0.25) is 0 Å². The number of carbonyl (C=O) groups excluding carboxylic acids is 1. The fourth-order valence-electron chi connectivity index (χ4n) is 2.04. The van der Waals surface area contributed by atoms with E-state index in [9.17, 15) is 9.18 Å². The van der Waals surface area contributed by atoms with Gasteiger partial charge in [0.1, 0.15) is 10.2 Å². The van der Waals surface area contributed by atoms with E-state index in [4.69, 9.17) is 0 Å². The number of nitrogens with one attached hydrogen (secondary N) is 1. The Bertz CT molecular complexity index is 742. The summed E-state index contributed by atoms with van der Waals surface area (Å²) in [5, 5.41) is 6.87. The zero-order valence-electron chi connectivity index (χ0n) is 11.9. The molecule has 3 aromatic rings. The quantitative estimate of drug-likeness (QED) is 0.662. The number of thiophene rings is 1. The van der Waals surface area contributed by atoms with E-state index in [-0.39, 0.29) is 17.8 Å². The first-order valence-electron chi connectivity index (χ1n) is 6.83. The Balaban J connectivity index is 1.71. The van der Waals surface area contributed by atoms with E-state index in [0.717, 1.165) is 14.8 Å². The molecule has 0 spiro atoms. The van der Waals surface area contributed by atoms with Crippen molar-refractivity contribution >= 4 is 40.3 Å². The number of carbonyl (C=O) groups is 1. The molecule has 118 valence electrons. The number of benzene rings is 1. The van der Waals surface area contributed by atoms with E-state index in [1.165, 1.54) is 35.2 Å². The molecule has 0 bridgehead atoms. The zero-order valence-corrected chi connectivity index (χ0v) is 14.4. The van der Waals surface area contributed by atoms with Crippen molar-refractivity contribution < 1.29 is 9.18 Å². The summed E-state index contributed by atoms with van der Waals surface area (Å²) in [6, 6.07) is 9.86. The topological polar surface area (TPSA) is 42.0 Å². The summed E-state index contributed by atoms with van der Waals surface area (Å²) in [4.78, 5) is 17.4. The normalized spacial score (nSPS) is 12.0. The molecule has 0 aliphatic heterocycles. The van der Waals surface area contributed by atoms with Gasteiger partial charge in [-0.15, -0.1) is 22.7 Å². The molecular weight excluding hydrogens is 351 g/mol. The Kier molecular flexibility index (Phi) is 5.43. The summed E-state index contributed by atoms with van der Waals surface area (Å²) in [5.74, 6) is -0.0615. The SMILES string of the molecule is O=C(CSc1nccs1)N[C@@H](c1ccc(F)cc1)c1cccs1. The van der Waals surface area contributed by atoms with Crippen molar-refractivity contribution in [2.45, 2.75) is 10.4 Å². The first-order chi connectivity index (χ1) is 11.2. The lowest BCUT2D eigenvalue weighted by atomic mass is 10.1. The second-order valence-electron chi connectivity index (χ2n) is 4.65. The van der Waals surface area contributed by atoms with Gasteiger partial charge in [-0.1, -0.05) is 30.0 Å². The minimum atomic E-state index is -0.288. The molecule has 3 nitrogen and oxygen atoms in total. The molecule has 1 atom stereocenters. The predicted octanol–water partition coefficient (Wildman–Crippen LogP) is 4.34. The Hall–Kier alpha value is -1.70. The van der Waals surface area contributed by atoms with Crippen LogP contribution >= 0.6 is 34.4 Å². The van der Waals surface area contributed by atoms with Gasteiger partial charge in [-0.3, -0.25) is 4.79 Å². The average molecular weight is 364 g/mol. The van der Waals surface area contributed by atoms with Crippen LogP contribution in [0, 0.1) is 5.82 Å². The minimum absolute atomic E-state index is 0.0760. The standard InChI is InChI=1S/C16H13FN2OS3/c17-12-5-3-11(4-6-12)15(13-2-1-8-21-13)19-14(20)10-23-16-18-7-9-22-16/h1-9,15H,10H2,(H,19,20)/t15-/m0/s1. The van der Waals surface area contributed by atoms with Gasteiger partial charge in [-0.05, 0) is 29.1 Å². The number of amides is 1. The van der Waals surface area contributed by atoms with Gasteiger partial charge in [0.25, 0.3) is 0 Å². The highest BCUT2D eigenvalue weighted by Crippen LogP contribution is 2.27. The fraction of sp³-hybridized carbons (Fsp3) is 0.125. The molecule has 3 rings (SSSR count). The lowest BCUT2D eigenvalue weighted by Gasteiger charge is -2.18. The molecule has 1 amide bonds. The van der Waals surface area contributed by atoms with Crippen LogP contribution in [0.4, 0.5) is 4.39 Å². The second-order valence-corrected chi connectivity index (χ2v) is 7.75. The molecule has 23 heavy (non-hydrogen) atoms. The number of thioether (sulfide) groups is 1. The molecule has 1 N–H and O–H groups in total. The predicted molar refractivity (Wildman–Crippen MR) is 93.5 cm³/mol. The van der Waals surface area contributed by atoms with Crippen molar-refractivity contribution in [3.63, 3.8) is 0 Å². The van der Waals surface area contributed by atoms with Crippen molar-refractivity contribution in [1.82, 2.24) is 10.3 Å². The minimum Gasteiger partial charge on any atom is -0.344 e. The Morgan fingerprint density at radius 3 is 2.70 bits per heavy atom. The van der Waals surface area contributed by atoms with Crippen LogP contribution < -0.4 is 5.32 Å². The smallest absolute Gasteiger partial charge is 0.231 e. The van der Waals surface area contributed by atoms with Gasteiger partial charge in [-0.25, -0.2) is 9.37 Å². The molecule has 7 heteroatoms. The van der Waals surface area contributed by atoms with E-state index < -0.39 is 0 Å². The number of hydrogen-bond acceptors (Lipinski definition) is 5. The number of hydrogen-bond donors (Lipinski definition) is 1. The zero-order chi connectivity index (χ0) is 16.1. The molecule has 2 aromatic heterocycles. The average Bonchev–Trinajstić information content (AvgIpc) is 3.25. The number of nitrogens with zero attached hydrogens (tertiary/aromatic N) is 1. The summed E-state index contributed by atoms with van der Waals surface area (Å²) in [7, 11) is 0. The summed E-state index contributed by atoms with van der Waals surface area (Å²) >= 11 is 4.48. The molecule has 0 radical (unpaired) electrons. The highest BCUT2D eigenvalue weighted by atomic mass is 32.2. The van der Waals surface area contributed by atoms with Gasteiger partial charge in [0.2, 0.25) is 5.91 Å². The molecule has 0 aliphatic carbocycles. The maximum Gasteiger partial charge on any atom is 0.231 e. The van der Waals surface area contributed by atoms with Crippen LogP contribution in [0.15, 0.2) is 57.7 Å². The molecular formula is C16H13FN2OS3. The molecule has 1 aromatic carbocycles. The molecule has 0 unspecified atom stereocenters. The first-order valence-corrected chi connectivity index (χ1v) is 9.57. The van der Waals surface area contributed by atoms with Crippen molar-refractivity contribution in [2.24, 2.45) is 0 Å². The fourth-order valence-corrected chi connectivity index (χ4v) is 4.29. The van der Waals surface area contributed by atoms with Crippen molar-refractivity contribution in [1.29, 1.82) is 0 Å². The van der Waals surface area contributed by atoms with Gasteiger partial charge in [-0.2, -0.15) is 0 Å². The Morgan fingerprint density at radius 1 is 1.22 bits per heavy atom. The van der Waals surface area contributed by atoms with Crippen LogP contribution in [0.1, 0.15) is 16.5 Å². The summed E-state index contributed by atoms with van der Waals surface area (Å²) in [6.07, 6.45) is 1.72. The molecule has 0 saturated heterocycles. The molecule has 2 heterocycles. The van der Waals surface area contributed by atoms with Crippen LogP contribution in [-0.4, -0.2) is 16.6 Å². The Morgan fingerprint density at radius 2 is 2.04 bits per heavy atom. The molecule has 0 aliphatic rings. The van der Waals surface area contributed by atoms with Crippen LogP contribution in [0.5, 0.6) is 0 Å². The Labute approximate surface area is 145 Å². The van der Waals surface area contributed by atoms with Crippen molar-refractivity contribution in [3.05, 3.63) is 69.6 Å². The molecule has 0 fully saturated rings. The van der Waals surface area contributed by atoms with Gasteiger partial charge >= 0.3 is 0 Å². The number of rotatable bonds is 6. The van der Waals surface area contributed by atoms with Crippen molar-refractivity contribution in [3.8, 4) is 0 Å². The lowest BCUT2D eigenvalue weighted by molar-refractivity contribution is -0.119. The maximum atomic E-state index is 13.1. The maximum absolute atomic E-state index is 13.1. The number of thiazole rings is 1. The third kappa shape index (κ3) is 4.40. The number of aromatic nitrogens is 1. The summed E-state index contributed by atoms with van der Waals surface area (Å²) in [6.45, 7) is 0. The summed E-state index contributed by atoms with van der Waals surface area (Å²) < 4.78 is 14.0. The van der Waals surface area contributed by atoms with Gasteiger partial charge in [0, 0.05) is 16.5 Å². The molecule has 0 saturated carbocycles. The largest absolute Gasteiger partial charge is 0.344 e. The van der Waals surface area contributed by atoms with Gasteiger partial charge in [0.15, 0.2) is 0 Å². The van der Waals surface area contributed by atoms with Crippen LogP contribution in [-0.2, 0) is 4.79 Å². The van der Waals surface area contributed by atoms with E-state index in [0.29, 0.717) is 5.75 Å². The second kappa shape index (κ2) is 7.72. The highest BCUT2D eigenvalue weighted by molar-refractivity contribution is 8.01.